The minimum absolute atomic E-state index is 0.0276. The van der Waals surface area contributed by atoms with E-state index in [0.29, 0.717) is 41.6 Å². The van der Waals surface area contributed by atoms with E-state index in [0.717, 1.165) is 35.7 Å². The Morgan fingerprint density at radius 3 is 2.66 bits per heavy atom. The van der Waals surface area contributed by atoms with Gasteiger partial charge < -0.3 is 4.74 Å². The van der Waals surface area contributed by atoms with Crippen molar-refractivity contribution in [1.82, 2.24) is 20.0 Å². The monoisotopic (exact) mass is 570 g/mol. The zero-order valence-electron chi connectivity index (χ0n) is 23.6. The van der Waals surface area contributed by atoms with E-state index in [1.807, 2.05) is 32.0 Å². The number of carbonyl (C=O) groups excluding carboxylic acids is 2. The van der Waals surface area contributed by atoms with Gasteiger partial charge in [0.15, 0.2) is 0 Å². The quantitative estimate of drug-likeness (QED) is 0.331. The second-order valence-corrected chi connectivity index (χ2v) is 12.7. The Balaban J connectivity index is 1.27. The molecule has 1 saturated carbocycles. The summed E-state index contributed by atoms with van der Waals surface area (Å²) >= 11 is 1.49. The summed E-state index contributed by atoms with van der Waals surface area (Å²) in [6.07, 6.45) is 3.30. The van der Waals surface area contributed by atoms with Crippen LogP contribution in [0.3, 0.4) is 0 Å². The molecule has 1 aromatic heterocycles. The summed E-state index contributed by atoms with van der Waals surface area (Å²) < 4.78 is 5.89. The van der Waals surface area contributed by atoms with Crippen LogP contribution in [-0.2, 0) is 17.9 Å². The fourth-order valence-electron chi connectivity index (χ4n) is 6.03. The van der Waals surface area contributed by atoms with Crippen LogP contribution < -0.4 is 9.64 Å². The van der Waals surface area contributed by atoms with Crippen LogP contribution in [0.1, 0.15) is 73.5 Å². The predicted molar refractivity (Wildman–Crippen MR) is 156 cm³/mol. The standard InChI is InChI=1S/C31H34N6O3S/c1-20(2)40-26-9-5-7-23(15-26)18-35-13-12-31(16-21(35)3)29(38)36(19-27-33-34-28(41-27)24-10-11-24)30(39)37(31)25-8-4-6-22(14-25)17-32/h4-9,14-15,20-21,24H,10-13,16,18-19H2,1-3H3/t21-,31+/m0/s1. The molecule has 3 aromatic rings. The number of carbonyl (C=O) groups is 2. The third kappa shape index (κ3) is 5.32. The minimum Gasteiger partial charge on any atom is -0.491 e. The zero-order chi connectivity index (χ0) is 28.7. The number of rotatable bonds is 8. The molecule has 2 aromatic carbocycles. The lowest BCUT2D eigenvalue weighted by Crippen LogP contribution is -2.59. The maximum absolute atomic E-state index is 14.3. The molecule has 41 heavy (non-hydrogen) atoms. The molecular formula is C31H34N6O3S. The molecule has 9 nitrogen and oxygen atoms in total. The van der Waals surface area contributed by atoms with Crippen LogP contribution in [0.4, 0.5) is 10.5 Å². The Morgan fingerprint density at radius 2 is 1.93 bits per heavy atom. The SMILES string of the molecule is CC(C)Oc1cccc(CN2CC[C@@]3(C[C@@H]2C)C(=O)N(Cc2nnc(C4CC4)s2)C(=O)N3c2cccc(C#N)c2)c1. The molecule has 0 N–H and O–H groups in total. The highest BCUT2D eigenvalue weighted by Gasteiger charge is 2.60. The van der Waals surface area contributed by atoms with Gasteiger partial charge >= 0.3 is 6.03 Å². The van der Waals surface area contributed by atoms with Crippen LogP contribution in [-0.4, -0.2) is 56.2 Å². The number of urea groups is 1. The first-order valence-electron chi connectivity index (χ1n) is 14.3. The van der Waals surface area contributed by atoms with Crippen LogP contribution in [0.2, 0.25) is 0 Å². The van der Waals surface area contributed by atoms with Crippen molar-refractivity contribution in [3.8, 4) is 11.8 Å². The van der Waals surface area contributed by atoms with E-state index < -0.39 is 5.54 Å². The Morgan fingerprint density at radius 1 is 1.12 bits per heavy atom. The highest BCUT2D eigenvalue weighted by Crippen LogP contribution is 2.45. The molecule has 2 atom stereocenters. The van der Waals surface area contributed by atoms with E-state index >= 15 is 0 Å². The maximum Gasteiger partial charge on any atom is 0.332 e. The van der Waals surface area contributed by atoms with Gasteiger partial charge in [-0.05, 0) is 82.3 Å². The summed E-state index contributed by atoms with van der Waals surface area (Å²) in [5.41, 5.74) is 1.12. The summed E-state index contributed by atoms with van der Waals surface area (Å²) in [4.78, 5) is 33.6. The Labute approximate surface area is 244 Å². The smallest absolute Gasteiger partial charge is 0.332 e. The highest BCUT2D eigenvalue weighted by atomic mass is 32.1. The van der Waals surface area contributed by atoms with Crippen molar-refractivity contribution in [1.29, 1.82) is 5.26 Å². The zero-order valence-corrected chi connectivity index (χ0v) is 24.4. The fourth-order valence-corrected chi connectivity index (χ4v) is 7.04. The van der Waals surface area contributed by atoms with Crippen LogP contribution in [0.25, 0.3) is 0 Å². The molecule has 1 aliphatic carbocycles. The molecule has 3 amide bonds. The van der Waals surface area contributed by atoms with Crippen LogP contribution in [0, 0.1) is 11.3 Å². The first-order valence-corrected chi connectivity index (χ1v) is 15.1. The predicted octanol–water partition coefficient (Wildman–Crippen LogP) is 5.47. The number of nitrogens with zero attached hydrogens (tertiary/aromatic N) is 6. The molecule has 0 bridgehead atoms. The number of hydrogen-bond acceptors (Lipinski definition) is 8. The summed E-state index contributed by atoms with van der Waals surface area (Å²) in [6, 6.07) is 16.9. The molecule has 6 rings (SSSR count). The largest absolute Gasteiger partial charge is 0.491 e. The van der Waals surface area contributed by atoms with Gasteiger partial charge in [0.2, 0.25) is 0 Å². The number of nitriles is 1. The van der Waals surface area contributed by atoms with Crippen LogP contribution >= 0.6 is 11.3 Å². The molecule has 1 spiro atoms. The van der Waals surface area contributed by atoms with Gasteiger partial charge in [-0.25, -0.2) is 4.79 Å². The molecule has 10 heteroatoms. The van der Waals surface area contributed by atoms with Crippen molar-refractivity contribution < 1.29 is 14.3 Å². The van der Waals surface area contributed by atoms with Gasteiger partial charge in [0.1, 0.15) is 21.3 Å². The second kappa shape index (κ2) is 10.9. The van der Waals surface area contributed by atoms with E-state index in [2.05, 4.69) is 40.2 Å². The summed E-state index contributed by atoms with van der Waals surface area (Å²) in [7, 11) is 0. The van der Waals surface area contributed by atoms with E-state index in [4.69, 9.17) is 4.74 Å². The number of imide groups is 1. The van der Waals surface area contributed by atoms with Crippen molar-refractivity contribution in [3.63, 3.8) is 0 Å². The molecular weight excluding hydrogens is 536 g/mol. The normalized spacial score (nSPS) is 23.0. The van der Waals surface area contributed by atoms with Gasteiger partial charge in [-0.15, -0.1) is 10.2 Å². The molecule has 2 saturated heterocycles. The number of likely N-dealkylation sites (tertiary alicyclic amines) is 1. The first-order chi connectivity index (χ1) is 19.8. The number of anilines is 1. The second-order valence-electron chi connectivity index (χ2n) is 11.6. The van der Waals surface area contributed by atoms with Crippen LogP contribution in [0.5, 0.6) is 5.75 Å². The van der Waals surface area contributed by atoms with Gasteiger partial charge in [0, 0.05) is 30.7 Å². The van der Waals surface area contributed by atoms with Crippen molar-refractivity contribution in [3.05, 3.63) is 69.7 Å². The summed E-state index contributed by atoms with van der Waals surface area (Å²) in [6.45, 7) is 7.61. The number of piperidine rings is 1. The van der Waals surface area contributed by atoms with E-state index in [9.17, 15) is 14.9 Å². The number of aromatic nitrogens is 2. The lowest BCUT2D eigenvalue weighted by molar-refractivity contribution is -0.133. The van der Waals surface area contributed by atoms with E-state index in [-0.39, 0.29) is 30.6 Å². The minimum atomic E-state index is -1.03. The highest BCUT2D eigenvalue weighted by molar-refractivity contribution is 7.11. The van der Waals surface area contributed by atoms with Gasteiger partial charge in [-0.1, -0.05) is 29.5 Å². The van der Waals surface area contributed by atoms with Gasteiger partial charge in [-0.2, -0.15) is 5.26 Å². The molecule has 3 aliphatic rings. The number of ether oxygens (including phenoxy) is 1. The third-order valence-electron chi connectivity index (χ3n) is 8.15. The van der Waals surface area contributed by atoms with Crippen molar-refractivity contribution in [2.75, 3.05) is 11.4 Å². The van der Waals surface area contributed by atoms with E-state index in [1.54, 1.807) is 23.1 Å². The van der Waals surface area contributed by atoms with Crippen molar-refractivity contribution >= 4 is 29.0 Å². The summed E-state index contributed by atoms with van der Waals surface area (Å²) in [5, 5.41) is 19.8. The third-order valence-corrected chi connectivity index (χ3v) is 9.22. The molecule has 3 heterocycles. The van der Waals surface area contributed by atoms with Gasteiger partial charge in [0.25, 0.3) is 5.91 Å². The van der Waals surface area contributed by atoms with Crippen molar-refractivity contribution in [2.45, 2.75) is 83.1 Å². The maximum atomic E-state index is 14.3. The molecule has 212 valence electrons. The molecule has 0 radical (unpaired) electrons. The van der Waals surface area contributed by atoms with Crippen molar-refractivity contribution in [2.24, 2.45) is 0 Å². The molecule has 2 aliphatic heterocycles. The lowest BCUT2D eigenvalue weighted by Gasteiger charge is -2.45. The number of amides is 3. The first kappa shape index (κ1) is 27.4. The Bertz CT molecular complexity index is 1510. The van der Waals surface area contributed by atoms with Crippen LogP contribution in [0.15, 0.2) is 48.5 Å². The van der Waals surface area contributed by atoms with Gasteiger partial charge in [-0.3, -0.25) is 19.5 Å². The number of hydrogen-bond donors (Lipinski definition) is 0. The average Bonchev–Trinajstić information content (AvgIpc) is 3.66. The lowest BCUT2D eigenvalue weighted by atomic mass is 9.81. The fraction of sp³-hybridized carbons (Fsp3) is 0.452. The molecule has 3 fully saturated rings. The Hall–Kier alpha value is -3.81. The van der Waals surface area contributed by atoms with E-state index in [1.165, 1.54) is 16.2 Å². The molecule has 0 unspecified atom stereocenters. The summed E-state index contributed by atoms with van der Waals surface area (Å²) in [5.74, 6) is 1.10. The number of benzene rings is 2. The average molecular weight is 571 g/mol. The Kier molecular flexibility index (Phi) is 7.26. The van der Waals surface area contributed by atoms with Gasteiger partial charge in [0.05, 0.1) is 24.3 Å². The topological polar surface area (TPSA) is 103 Å².